The van der Waals surface area contributed by atoms with Crippen molar-refractivity contribution in [1.29, 1.82) is 0 Å². The van der Waals surface area contributed by atoms with E-state index in [1.165, 1.54) is 16.7 Å². The summed E-state index contributed by atoms with van der Waals surface area (Å²) in [4.78, 5) is 16.6. The maximum Gasteiger partial charge on any atom is 0.219 e. The van der Waals surface area contributed by atoms with E-state index < -0.39 is 0 Å². The van der Waals surface area contributed by atoms with Crippen molar-refractivity contribution in [2.24, 2.45) is 0 Å². The van der Waals surface area contributed by atoms with Crippen LogP contribution in [0.25, 0.3) is 0 Å². The molecule has 0 aromatic heterocycles. The fraction of sp³-hybridized carbons (Fsp3) is 0.409. The average Bonchev–Trinajstić information content (AvgIpc) is 2.64. The number of fused-ring (bicyclic) bond motifs is 2. The number of likely N-dealkylation sites (tertiary alicyclic amines) is 1. The molecule has 3 heteroatoms. The third-order valence-corrected chi connectivity index (χ3v) is 5.95. The molecule has 3 nitrogen and oxygen atoms in total. The molecule has 0 radical (unpaired) electrons. The highest BCUT2D eigenvalue weighted by atomic mass is 16.2. The molecule has 1 saturated heterocycles. The lowest BCUT2D eigenvalue weighted by Crippen LogP contribution is -2.52. The monoisotopic (exact) mass is 334 g/mol. The van der Waals surface area contributed by atoms with E-state index in [9.17, 15) is 4.79 Å². The largest absolute Gasteiger partial charge is 0.338 e. The highest BCUT2D eigenvalue weighted by Crippen LogP contribution is 2.41. The number of nitrogens with zero attached hydrogens (tertiary/aromatic N) is 2. The van der Waals surface area contributed by atoms with Crippen LogP contribution in [0.2, 0.25) is 0 Å². The Hall–Kier alpha value is -2.13. The van der Waals surface area contributed by atoms with Gasteiger partial charge in [0.25, 0.3) is 0 Å². The maximum absolute atomic E-state index is 12.1. The van der Waals surface area contributed by atoms with Gasteiger partial charge in [-0.2, -0.15) is 0 Å². The summed E-state index contributed by atoms with van der Waals surface area (Å²) in [5.41, 5.74) is 4.33. The zero-order valence-electron chi connectivity index (χ0n) is 14.9. The minimum absolute atomic E-state index is 0.133. The van der Waals surface area contributed by atoms with E-state index in [2.05, 4.69) is 59.5 Å². The number of hydrogen-bond donors (Lipinski definition) is 0. The average molecular weight is 334 g/mol. The molecule has 2 aliphatic heterocycles. The van der Waals surface area contributed by atoms with Crippen LogP contribution in [0.3, 0.4) is 0 Å². The van der Waals surface area contributed by atoms with Gasteiger partial charge in [-0.1, -0.05) is 54.6 Å². The summed E-state index contributed by atoms with van der Waals surface area (Å²) in [7, 11) is 0. The number of rotatable bonds is 2. The smallest absolute Gasteiger partial charge is 0.219 e. The predicted octanol–water partition coefficient (Wildman–Crippen LogP) is 3.58. The molecule has 0 bridgehead atoms. The fourth-order valence-corrected chi connectivity index (χ4v) is 4.52. The van der Waals surface area contributed by atoms with Crippen LogP contribution in [0, 0.1) is 0 Å². The summed E-state index contributed by atoms with van der Waals surface area (Å²) in [5, 5.41) is 0. The first-order chi connectivity index (χ1) is 12.2. The molecular formula is C22H26N2O. The maximum atomic E-state index is 12.1. The van der Waals surface area contributed by atoms with Gasteiger partial charge in [-0.25, -0.2) is 0 Å². The summed E-state index contributed by atoms with van der Waals surface area (Å²) in [6.07, 6.45) is 2.25. The van der Waals surface area contributed by atoms with Crippen molar-refractivity contribution in [2.45, 2.75) is 38.3 Å². The molecule has 1 spiro atoms. The minimum Gasteiger partial charge on any atom is -0.338 e. The number of hydrogen-bond acceptors (Lipinski definition) is 2. The Morgan fingerprint density at radius 2 is 1.68 bits per heavy atom. The molecule has 1 amide bonds. The standard InChI is InChI=1S/C22H26N2O/c1-18(25)24-16-20-9-5-6-10-21(20)22(17-24)11-13-23(14-12-22)15-19-7-3-2-4-8-19/h2-10H,11-17H2,1H3. The van der Waals surface area contributed by atoms with E-state index in [-0.39, 0.29) is 11.3 Å². The quantitative estimate of drug-likeness (QED) is 0.838. The van der Waals surface area contributed by atoms with Crippen LogP contribution in [0.15, 0.2) is 54.6 Å². The van der Waals surface area contributed by atoms with Crippen LogP contribution >= 0.6 is 0 Å². The van der Waals surface area contributed by atoms with Gasteiger partial charge in [0.05, 0.1) is 0 Å². The van der Waals surface area contributed by atoms with Crippen molar-refractivity contribution in [3.05, 3.63) is 71.3 Å². The lowest BCUT2D eigenvalue weighted by molar-refractivity contribution is -0.131. The zero-order valence-corrected chi connectivity index (χ0v) is 14.9. The van der Waals surface area contributed by atoms with Crippen molar-refractivity contribution in [3.8, 4) is 0 Å². The van der Waals surface area contributed by atoms with Gasteiger partial charge in [-0.05, 0) is 42.6 Å². The van der Waals surface area contributed by atoms with E-state index in [4.69, 9.17) is 0 Å². The van der Waals surface area contributed by atoms with Crippen LogP contribution in [-0.4, -0.2) is 35.3 Å². The van der Waals surface area contributed by atoms with Crippen molar-refractivity contribution in [2.75, 3.05) is 19.6 Å². The molecule has 0 atom stereocenters. The van der Waals surface area contributed by atoms with Crippen LogP contribution < -0.4 is 0 Å². The Morgan fingerprint density at radius 1 is 1.00 bits per heavy atom. The minimum atomic E-state index is 0.133. The summed E-state index contributed by atoms with van der Waals surface area (Å²) in [6, 6.07) is 19.5. The molecule has 2 aromatic rings. The van der Waals surface area contributed by atoms with Crippen LogP contribution in [-0.2, 0) is 23.3 Å². The van der Waals surface area contributed by atoms with E-state index in [0.29, 0.717) is 0 Å². The molecular weight excluding hydrogens is 308 g/mol. The Balaban J connectivity index is 1.53. The van der Waals surface area contributed by atoms with Gasteiger partial charge in [-0.15, -0.1) is 0 Å². The number of amides is 1. The van der Waals surface area contributed by atoms with Crippen molar-refractivity contribution in [3.63, 3.8) is 0 Å². The molecule has 25 heavy (non-hydrogen) atoms. The van der Waals surface area contributed by atoms with Gasteiger partial charge in [0.2, 0.25) is 5.91 Å². The van der Waals surface area contributed by atoms with Gasteiger partial charge in [0.1, 0.15) is 0 Å². The number of benzene rings is 2. The molecule has 130 valence electrons. The lowest BCUT2D eigenvalue weighted by atomic mass is 9.69. The van der Waals surface area contributed by atoms with Crippen LogP contribution in [0.5, 0.6) is 0 Å². The normalized spacial score (nSPS) is 19.6. The number of carbonyl (C=O) groups excluding carboxylic acids is 1. The fourth-order valence-electron chi connectivity index (χ4n) is 4.52. The highest BCUT2D eigenvalue weighted by Gasteiger charge is 2.42. The van der Waals surface area contributed by atoms with Crippen LogP contribution in [0.4, 0.5) is 0 Å². The third-order valence-electron chi connectivity index (χ3n) is 5.95. The van der Waals surface area contributed by atoms with Gasteiger partial charge < -0.3 is 4.90 Å². The molecule has 2 aliphatic rings. The van der Waals surface area contributed by atoms with Gasteiger partial charge in [0, 0.05) is 32.0 Å². The Labute approximate surface area is 150 Å². The SMILES string of the molecule is CC(=O)N1Cc2ccccc2C2(CCN(Cc3ccccc3)CC2)C1. The van der Waals surface area contributed by atoms with Gasteiger partial charge in [0.15, 0.2) is 0 Å². The lowest BCUT2D eigenvalue weighted by Gasteiger charge is -2.48. The third kappa shape index (κ3) is 3.21. The first kappa shape index (κ1) is 16.3. The molecule has 0 N–H and O–H groups in total. The van der Waals surface area contributed by atoms with E-state index in [1.54, 1.807) is 6.92 Å². The predicted molar refractivity (Wildman–Crippen MR) is 100 cm³/mol. The second-order valence-electron chi connectivity index (χ2n) is 7.57. The number of piperidine rings is 1. The second-order valence-corrected chi connectivity index (χ2v) is 7.57. The first-order valence-corrected chi connectivity index (χ1v) is 9.26. The van der Waals surface area contributed by atoms with Crippen molar-refractivity contribution < 1.29 is 4.79 Å². The topological polar surface area (TPSA) is 23.6 Å². The van der Waals surface area contributed by atoms with Crippen molar-refractivity contribution in [1.82, 2.24) is 9.80 Å². The molecule has 4 rings (SSSR count). The Morgan fingerprint density at radius 3 is 2.40 bits per heavy atom. The van der Waals surface area contributed by atoms with E-state index in [1.807, 2.05) is 4.90 Å². The molecule has 1 fully saturated rings. The van der Waals surface area contributed by atoms with Gasteiger partial charge in [-0.3, -0.25) is 9.69 Å². The van der Waals surface area contributed by atoms with Crippen molar-refractivity contribution >= 4 is 5.91 Å². The molecule has 0 aliphatic carbocycles. The second kappa shape index (κ2) is 6.64. The Kier molecular flexibility index (Phi) is 4.34. The van der Waals surface area contributed by atoms with Crippen LogP contribution in [0.1, 0.15) is 36.5 Å². The zero-order chi connectivity index (χ0) is 17.3. The highest BCUT2D eigenvalue weighted by molar-refractivity contribution is 5.74. The first-order valence-electron chi connectivity index (χ1n) is 9.26. The summed E-state index contributed by atoms with van der Waals surface area (Å²) >= 11 is 0. The Bertz CT molecular complexity index is 748. The summed E-state index contributed by atoms with van der Waals surface area (Å²) in [5.74, 6) is 0.195. The van der Waals surface area contributed by atoms with E-state index >= 15 is 0 Å². The molecule has 0 unspecified atom stereocenters. The van der Waals surface area contributed by atoms with Gasteiger partial charge >= 0.3 is 0 Å². The summed E-state index contributed by atoms with van der Waals surface area (Å²) in [6.45, 7) is 6.55. The van der Waals surface area contributed by atoms with E-state index in [0.717, 1.165) is 45.6 Å². The molecule has 0 saturated carbocycles. The number of carbonyl (C=O) groups is 1. The molecule has 2 heterocycles. The summed E-state index contributed by atoms with van der Waals surface area (Å²) < 4.78 is 0. The molecule has 2 aromatic carbocycles.